The van der Waals surface area contributed by atoms with Crippen molar-refractivity contribution in [2.75, 3.05) is 28.4 Å². The summed E-state index contributed by atoms with van der Waals surface area (Å²) in [6.45, 7) is 0. The molecule has 26 heavy (non-hydrogen) atoms. The Labute approximate surface area is 160 Å². The SMILES string of the molecule is COc1ccccc1N1C(=O)N(c2ccc(Br)cc2)[C@H]2CS(=O)(=O)C[C@H]21. The number of rotatable bonds is 3. The van der Waals surface area contributed by atoms with Gasteiger partial charge in [-0.2, -0.15) is 0 Å². The third-order valence-corrected chi connectivity index (χ3v) is 7.05. The molecule has 4 rings (SSSR count). The minimum atomic E-state index is -3.22. The second-order valence-corrected chi connectivity index (χ2v) is 9.45. The predicted octanol–water partition coefficient (Wildman–Crippen LogP) is 3.07. The fraction of sp³-hybridized carbons (Fsp3) is 0.278. The third-order valence-electron chi connectivity index (χ3n) is 4.82. The number of amides is 2. The highest BCUT2D eigenvalue weighted by molar-refractivity contribution is 9.10. The van der Waals surface area contributed by atoms with Crippen molar-refractivity contribution in [1.82, 2.24) is 0 Å². The van der Waals surface area contributed by atoms with Crippen molar-refractivity contribution in [3.63, 3.8) is 0 Å². The molecule has 6 nitrogen and oxygen atoms in total. The second-order valence-electron chi connectivity index (χ2n) is 6.38. The van der Waals surface area contributed by atoms with Crippen LogP contribution in [0, 0.1) is 0 Å². The average molecular weight is 437 g/mol. The van der Waals surface area contributed by atoms with Crippen LogP contribution in [0.5, 0.6) is 5.75 Å². The van der Waals surface area contributed by atoms with E-state index < -0.39 is 21.9 Å². The molecule has 2 aromatic rings. The van der Waals surface area contributed by atoms with Crippen molar-refractivity contribution in [2.24, 2.45) is 0 Å². The zero-order chi connectivity index (χ0) is 18.5. The monoisotopic (exact) mass is 436 g/mol. The Hall–Kier alpha value is -2.06. The lowest BCUT2D eigenvalue weighted by molar-refractivity contribution is 0.255. The molecule has 2 aliphatic heterocycles. The molecule has 0 spiro atoms. The average Bonchev–Trinajstić information content (AvgIpc) is 3.04. The molecule has 2 fully saturated rings. The Kier molecular flexibility index (Phi) is 4.19. The molecule has 0 radical (unpaired) electrons. The fourth-order valence-electron chi connectivity index (χ4n) is 3.72. The Bertz CT molecular complexity index is 961. The van der Waals surface area contributed by atoms with Crippen LogP contribution < -0.4 is 14.5 Å². The normalized spacial score (nSPS) is 24.0. The van der Waals surface area contributed by atoms with Gasteiger partial charge in [-0.05, 0) is 36.4 Å². The number of fused-ring (bicyclic) bond motifs is 1. The van der Waals surface area contributed by atoms with Crippen molar-refractivity contribution in [1.29, 1.82) is 0 Å². The first kappa shape index (κ1) is 17.4. The standard InChI is InChI=1S/C18H17BrN2O4S/c1-25-17-5-3-2-4-14(17)21-16-11-26(23,24)10-15(16)20(18(21)22)13-8-6-12(19)7-9-13/h2-9,15-16H,10-11H2,1H3/t15-,16+/m0/s1. The predicted molar refractivity (Wildman–Crippen MR) is 104 cm³/mol. The van der Waals surface area contributed by atoms with Crippen LogP contribution >= 0.6 is 15.9 Å². The summed E-state index contributed by atoms with van der Waals surface area (Å²) < 4.78 is 30.9. The van der Waals surface area contributed by atoms with Crippen LogP contribution in [0.4, 0.5) is 16.2 Å². The molecule has 0 aromatic heterocycles. The fourth-order valence-corrected chi connectivity index (χ4v) is 5.90. The Morgan fingerprint density at radius 2 is 1.62 bits per heavy atom. The number of hydrogen-bond donors (Lipinski definition) is 0. The zero-order valence-corrected chi connectivity index (χ0v) is 16.4. The van der Waals surface area contributed by atoms with Crippen LogP contribution in [-0.4, -0.2) is 45.1 Å². The number of carbonyl (C=O) groups is 1. The number of hydrogen-bond acceptors (Lipinski definition) is 4. The van der Waals surface area contributed by atoms with Crippen LogP contribution in [0.3, 0.4) is 0 Å². The van der Waals surface area contributed by atoms with Crippen molar-refractivity contribution < 1.29 is 17.9 Å². The molecular weight excluding hydrogens is 420 g/mol. The quantitative estimate of drug-likeness (QED) is 0.693. The van der Waals surface area contributed by atoms with E-state index in [1.54, 1.807) is 21.9 Å². The van der Waals surface area contributed by atoms with E-state index in [2.05, 4.69) is 15.9 Å². The Balaban J connectivity index is 1.83. The van der Waals surface area contributed by atoms with Gasteiger partial charge < -0.3 is 4.74 Å². The number of urea groups is 1. The van der Waals surface area contributed by atoms with Gasteiger partial charge in [0, 0.05) is 10.2 Å². The summed E-state index contributed by atoms with van der Waals surface area (Å²) in [6, 6.07) is 13.4. The summed E-state index contributed by atoms with van der Waals surface area (Å²) in [6.07, 6.45) is 0. The molecule has 2 saturated heterocycles. The van der Waals surface area contributed by atoms with Gasteiger partial charge in [-0.25, -0.2) is 13.2 Å². The summed E-state index contributed by atoms with van der Waals surface area (Å²) in [4.78, 5) is 16.4. The first-order valence-corrected chi connectivity index (χ1v) is 10.7. The number of ether oxygens (including phenoxy) is 1. The summed E-state index contributed by atoms with van der Waals surface area (Å²) in [5.41, 5.74) is 1.27. The summed E-state index contributed by atoms with van der Waals surface area (Å²) in [5, 5.41) is 0. The zero-order valence-electron chi connectivity index (χ0n) is 14.0. The number of methoxy groups -OCH3 is 1. The maximum atomic E-state index is 13.3. The van der Waals surface area contributed by atoms with Gasteiger partial charge in [0.2, 0.25) is 0 Å². The maximum absolute atomic E-state index is 13.3. The lowest BCUT2D eigenvalue weighted by Crippen LogP contribution is -2.38. The number of sulfone groups is 1. The molecule has 0 saturated carbocycles. The van der Waals surface area contributed by atoms with E-state index >= 15 is 0 Å². The number of carbonyl (C=O) groups excluding carboxylic acids is 1. The van der Waals surface area contributed by atoms with Crippen LogP contribution in [0.2, 0.25) is 0 Å². The van der Waals surface area contributed by atoms with E-state index in [1.807, 2.05) is 36.4 Å². The summed E-state index contributed by atoms with van der Waals surface area (Å²) in [5.74, 6) is 0.459. The molecule has 0 N–H and O–H groups in total. The van der Waals surface area contributed by atoms with E-state index in [1.165, 1.54) is 7.11 Å². The number of para-hydroxylation sites is 2. The van der Waals surface area contributed by atoms with Gasteiger partial charge in [-0.15, -0.1) is 0 Å². The molecule has 2 heterocycles. The molecule has 2 amide bonds. The van der Waals surface area contributed by atoms with Crippen molar-refractivity contribution in [3.05, 3.63) is 53.0 Å². The van der Waals surface area contributed by atoms with Crippen LogP contribution in [0.15, 0.2) is 53.0 Å². The molecular formula is C18H17BrN2O4S. The van der Waals surface area contributed by atoms with Gasteiger partial charge in [0.05, 0.1) is 36.4 Å². The van der Waals surface area contributed by atoms with Gasteiger partial charge in [0.15, 0.2) is 9.84 Å². The second kappa shape index (κ2) is 6.28. The largest absolute Gasteiger partial charge is 0.495 e. The Morgan fingerprint density at radius 1 is 1.00 bits per heavy atom. The van der Waals surface area contributed by atoms with Crippen molar-refractivity contribution in [3.8, 4) is 5.75 Å². The highest BCUT2D eigenvalue weighted by Gasteiger charge is 2.54. The minimum Gasteiger partial charge on any atom is -0.495 e. The van der Waals surface area contributed by atoms with E-state index in [4.69, 9.17) is 4.74 Å². The van der Waals surface area contributed by atoms with E-state index in [9.17, 15) is 13.2 Å². The number of anilines is 2. The van der Waals surface area contributed by atoms with Gasteiger partial charge in [0.1, 0.15) is 5.75 Å². The minimum absolute atomic E-state index is 0.0366. The molecule has 2 aromatic carbocycles. The van der Waals surface area contributed by atoms with Crippen LogP contribution in [0.25, 0.3) is 0 Å². The van der Waals surface area contributed by atoms with Crippen molar-refractivity contribution in [2.45, 2.75) is 12.1 Å². The van der Waals surface area contributed by atoms with E-state index in [-0.39, 0.29) is 17.5 Å². The first-order valence-electron chi connectivity index (χ1n) is 8.13. The maximum Gasteiger partial charge on any atom is 0.329 e. The lowest BCUT2D eigenvalue weighted by Gasteiger charge is -2.24. The molecule has 8 heteroatoms. The summed E-state index contributed by atoms with van der Waals surface area (Å²) in [7, 11) is -1.69. The summed E-state index contributed by atoms with van der Waals surface area (Å²) >= 11 is 3.38. The number of benzene rings is 2. The topological polar surface area (TPSA) is 66.9 Å². The molecule has 0 bridgehead atoms. The third kappa shape index (κ3) is 2.77. The Morgan fingerprint density at radius 3 is 2.27 bits per heavy atom. The van der Waals surface area contributed by atoms with E-state index in [0.717, 1.165) is 4.47 Å². The molecule has 2 atom stereocenters. The van der Waals surface area contributed by atoms with Gasteiger partial charge in [0.25, 0.3) is 0 Å². The smallest absolute Gasteiger partial charge is 0.329 e. The first-order chi connectivity index (χ1) is 12.4. The van der Waals surface area contributed by atoms with E-state index in [0.29, 0.717) is 17.1 Å². The van der Waals surface area contributed by atoms with Gasteiger partial charge in [-0.1, -0.05) is 28.1 Å². The van der Waals surface area contributed by atoms with Crippen LogP contribution in [0.1, 0.15) is 0 Å². The molecule has 0 aliphatic carbocycles. The highest BCUT2D eigenvalue weighted by atomic mass is 79.9. The molecule has 2 aliphatic rings. The molecule has 136 valence electrons. The van der Waals surface area contributed by atoms with Gasteiger partial charge in [-0.3, -0.25) is 9.80 Å². The number of halogens is 1. The van der Waals surface area contributed by atoms with Crippen LogP contribution in [-0.2, 0) is 9.84 Å². The van der Waals surface area contributed by atoms with Gasteiger partial charge >= 0.3 is 6.03 Å². The lowest BCUT2D eigenvalue weighted by atomic mass is 10.1. The van der Waals surface area contributed by atoms with Crippen molar-refractivity contribution >= 4 is 43.2 Å². The highest BCUT2D eigenvalue weighted by Crippen LogP contribution is 2.41. The number of nitrogens with zero attached hydrogens (tertiary/aromatic N) is 2. The molecule has 0 unspecified atom stereocenters.